The normalized spacial score (nSPS) is 25.4. The van der Waals surface area contributed by atoms with Crippen LogP contribution in [0.15, 0.2) is 12.1 Å². The summed E-state index contributed by atoms with van der Waals surface area (Å²) in [6.07, 6.45) is 2.05. The minimum absolute atomic E-state index is 0.0807. The molecular formula is C12H18N2OS. The van der Waals surface area contributed by atoms with Gasteiger partial charge in [0.2, 0.25) is 0 Å². The van der Waals surface area contributed by atoms with Gasteiger partial charge in [-0.2, -0.15) is 0 Å². The minimum atomic E-state index is 0.0807. The van der Waals surface area contributed by atoms with Crippen LogP contribution in [0, 0.1) is 6.92 Å². The van der Waals surface area contributed by atoms with Crippen molar-refractivity contribution in [1.82, 2.24) is 10.6 Å². The van der Waals surface area contributed by atoms with Crippen LogP contribution < -0.4 is 10.6 Å². The molecule has 0 spiro atoms. The predicted octanol–water partition coefficient (Wildman–Crippen LogP) is 1.93. The highest BCUT2D eigenvalue weighted by Gasteiger charge is 2.20. The highest BCUT2D eigenvalue weighted by atomic mass is 32.1. The maximum Gasteiger partial charge on any atom is 0.261 e. The predicted molar refractivity (Wildman–Crippen MR) is 67.0 cm³/mol. The third kappa shape index (κ3) is 2.83. The van der Waals surface area contributed by atoms with E-state index in [1.54, 1.807) is 11.3 Å². The fourth-order valence-electron chi connectivity index (χ4n) is 2.08. The van der Waals surface area contributed by atoms with Gasteiger partial charge in [-0.3, -0.25) is 4.79 Å². The summed E-state index contributed by atoms with van der Waals surface area (Å²) in [6.45, 7) is 5.18. The molecule has 0 bridgehead atoms. The number of hydrogen-bond acceptors (Lipinski definition) is 3. The summed E-state index contributed by atoms with van der Waals surface area (Å²) in [5.74, 6) is 0.0807. The lowest BCUT2D eigenvalue weighted by molar-refractivity contribution is 0.0930. The van der Waals surface area contributed by atoms with Crippen LogP contribution in [0.3, 0.4) is 0 Å². The van der Waals surface area contributed by atoms with Gasteiger partial charge in [-0.15, -0.1) is 11.3 Å². The van der Waals surface area contributed by atoms with Gasteiger partial charge >= 0.3 is 0 Å². The molecule has 0 saturated carbocycles. The van der Waals surface area contributed by atoms with Gasteiger partial charge in [0.05, 0.1) is 4.88 Å². The van der Waals surface area contributed by atoms with Gasteiger partial charge < -0.3 is 10.6 Å². The van der Waals surface area contributed by atoms with Crippen molar-refractivity contribution in [2.45, 2.75) is 38.8 Å². The molecule has 2 N–H and O–H groups in total. The zero-order valence-electron chi connectivity index (χ0n) is 9.75. The number of hydrogen-bond donors (Lipinski definition) is 2. The Kier molecular flexibility index (Phi) is 3.61. The third-order valence-corrected chi connectivity index (χ3v) is 3.92. The number of aryl methyl sites for hydroxylation is 1. The lowest BCUT2D eigenvalue weighted by atomic mass is 10.0. The number of nitrogens with one attached hydrogen (secondary N) is 2. The SMILES string of the molecule is Cc1ccc(C(=O)NC2CCNC(C)C2)s1. The quantitative estimate of drug-likeness (QED) is 0.826. The van der Waals surface area contributed by atoms with E-state index >= 15 is 0 Å². The largest absolute Gasteiger partial charge is 0.349 e. The first kappa shape index (κ1) is 11.6. The zero-order chi connectivity index (χ0) is 11.5. The smallest absolute Gasteiger partial charge is 0.261 e. The van der Waals surface area contributed by atoms with E-state index in [0.717, 1.165) is 24.3 Å². The summed E-state index contributed by atoms with van der Waals surface area (Å²) < 4.78 is 0. The first-order valence-electron chi connectivity index (χ1n) is 5.76. The van der Waals surface area contributed by atoms with E-state index < -0.39 is 0 Å². The maximum absolute atomic E-state index is 11.9. The fraction of sp³-hybridized carbons (Fsp3) is 0.583. The molecule has 0 radical (unpaired) electrons. The first-order valence-corrected chi connectivity index (χ1v) is 6.57. The van der Waals surface area contributed by atoms with Crippen LogP contribution in [0.2, 0.25) is 0 Å². The summed E-state index contributed by atoms with van der Waals surface area (Å²) in [5, 5.41) is 6.49. The maximum atomic E-state index is 11.9. The van der Waals surface area contributed by atoms with Crippen LogP contribution in [0.5, 0.6) is 0 Å². The van der Waals surface area contributed by atoms with Crippen molar-refractivity contribution in [2.24, 2.45) is 0 Å². The van der Waals surface area contributed by atoms with E-state index in [-0.39, 0.29) is 5.91 Å². The summed E-state index contributed by atoms with van der Waals surface area (Å²) in [4.78, 5) is 13.9. The van der Waals surface area contributed by atoms with Crippen LogP contribution in [0.25, 0.3) is 0 Å². The molecule has 1 aliphatic heterocycles. The van der Waals surface area contributed by atoms with Crippen molar-refractivity contribution in [2.75, 3.05) is 6.54 Å². The van der Waals surface area contributed by atoms with Crippen molar-refractivity contribution in [3.05, 3.63) is 21.9 Å². The van der Waals surface area contributed by atoms with Gasteiger partial charge in [-0.25, -0.2) is 0 Å². The first-order chi connectivity index (χ1) is 7.65. The molecule has 0 aliphatic carbocycles. The second-order valence-corrected chi connectivity index (χ2v) is 5.75. The van der Waals surface area contributed by atoms with Crippen LogP contribution in [0.4, 0.5) is 0 Å². The van der Waals surface area contributed by atoms with E-state index in [2.05, 4.69) is 17.6 Å². The number of thiophene rings is 1. The van der Waals surface area contributed by atoms with Crippen molar-refractivity contribution in [1.29, 1.82) is 0 Å². The molecule has 2 rings (SSSR count). The van der Waals surface area contributed by atoms with E-state index in [0.29, 0.717) is 12.1 Å². The minimum Gasteiger partial charge on any atom is -0.349 e. The molecule has 16 heavy (non-hydrogen) atoms. The van der Waals surface area contributed by atoms with Crippen LogP contribution in [0.1, 0.15) is 34.3 Å². The Balaban J connectivity index is 1.92. The Labute approximate surface area is 100 Å². The van der Waals surface area contributed by atoms with E-state index in [1.165, 1.54) is 4.88 Å². The number of amides is 1. The van der Waals surface area contributed by atoms with E-state index in [1.807, 2.05) is 19.1 Å². The van der Waals surface area contributed by atoms with Crippen molar-refractivity contribution < 1.29 is 4.79 Å². The Morgan fingerprint density at radius 2 is 2.38 bits per heavy atom. The molecule has 1 saturated heterocycles. The standard InChI is InChI=1S/C12H18N2OS/c1-8-7-10(5-6-13-8)14-12(15)11-4-3-9(2)16-11/h3-4,8,10,13H,5-7H2,1-2H3,(H,14,15). The van der Waals surface area contributed by atoms with Crippen molar-refractivity contribution in [3.63, 3.8) is 0 Å². The molecule has 2 heterocycles. The molecule has 1 fully saturated rings. The third-order valence-electron chi connectivity index (χ3n) is 2.92. The van der Waals surface area contributed by atoms with Gasteiger partial charge in [0.25, 0.3) is 5.91 Å². The highest BCUT2D eigenvalue weighted by Crippen LogP contribution is 2.16. The lowest BCUT2D eigenvalue weighted by Crippen LogP contribution is -2.46. The molecule has 1 aromatic heterocycles. The second-order valence-electron chi connectivity index (χ2n) is 4.46. The number of carbonyl (C=O) groups excluding carboxylic acids is 1. The van der Waals surface area contributed by atoms with Gasteiger partial charge in [0.1, 0.15) is 0 Å². The molecular weight excluding hydrogens is 220 g/mol. The van der Waals surface area contributed by atoms with E-state index in [9.17, 15) is 4.79 Å². The fourth-order valence-corrected chi connectivity index (χ4v) is 2.85. The van der Waals surface area contributed by atoms with Crippen molar-refractivity contribution in [3.8, 4) is 0 Å². The highest BCUT2D eigenvalue weighted by molar-refractivity contribution is 7.13. The molecule has 0 aromatic carbocycles. The average molecular weight is 238 g/mol. The number of rotatable bonds is 2. The molecule has 1 aromatic rings. The molecule has 2 atom stereocenters. The van der Waals surface area contributed by atoms with Gasteiger partial charge in [0.15, 0.2) is 0 Å². The molecule has 1 amide bonds. The average Bonchev–Trinajstić information content (AvgIpc) is 2.65. The molecule has 1 aliphatic rings. The van der Waals surface area contributed by atoms with Crippen LogP contribution >= 0.6 is 11.3 Å². The lowest BCUT2D eigenvalue weighted by Gasteiger charge is -2.28. The number of carbonyl (C=O) groups is 1. The van der Waals surface area contributed by atoms with Crippen LogP contribution in [-0.4, -0.2) is 24.5 Å². The monoisotopic (exact) mass is 238 g/mol. The zero-order valence-corrected chi connectivity index (χ0v) is 10.6. The Morgan fingerprint density at radius 3 is 3.00 bits per heavy atom. The Hall–Kier alpha value is -0.870. The Morgan fingerprint density at radius 1 is 1.56 bits per heavy atom. The topological polar surface area (TPSA) is 41.1 Å². The Bertz CT molecular complexity index is 375. The molecule has 2 unspecified atom stereocenters. The van der Waals surface area contributed by atoms with Gasteiger partial charge in [0, 0.05) is 17.0 Å². The summed E-state index contributed by atoms with van der Waals surface area (Å²) in [7, 11) is 0. The molecule has 3 nitrogen and oxygen atoms in total. The summed E-state index contributed by atoms with van der Waals surface area (Å²) in [5.41, 5.74) is 0. The molecule has 4 heteroatoms. The van der Waals surface area contributed by atoms with E-state index in [4.69, 9.17) is 0 Å². The summed E-state index contributed by atoms with van der Waals surface area (Å²) >= 11 is 1.56. The summed E-state index contributed by atoms with van der Waals surface area (Å²) in [6, 6.07) is 4.72. The number of piperidine rings is 1. The van der Waals surface area contributed by atoms with Crippen molar-refractivity contribution >= 4 is 17.2 Å². The van der Waals surface area contributed by atoms with Gasteiger partial charge in [-0.1, -0.05) is 0 Å². The van der Waals surface area contributed by atoms with Gasteiger partial charge in [-0.05, 0) is 45.4 Å². The van der Waals surface area contributed by atoms with Crippen LogP contribution in [-0.2, 0) is 0 Å². The molecule has 88 valence electrons. The second kappa shape index (κ2) is 4.97.